The Hall–Kier alpha value is -2.01. The summed E-state index contributed by atoms with van der Waals surface area (Å²) in [4.78, 5) is 4.17. The van der Waals surface area contributed by atoms with Gasteiger partial charge in [0.1, 0.15) is 5.82 Å². The number of nitrogens with two attached hydrogens (primary N) is 1. The highest BCUT2D eigenvalue weighted by Crippen LogP contribution is 2.17. The van der Waals surface area contributed by atoms with Crippen LogP contribution >= 0.6 is 0 Å². The highest BCUT2D eigenvalue weighted by atomic mass is 14.8. The lowest BCUT2D eigenvalue weighted by Crippen LogP contribution is -1.92. The number of pyridine rings is 1. The van der Waals surface area contributed by atoms with Crippen molar-refractivity contribution in [2.45, 2.75) is 0 Å². The van der Waals surface area contributed by atoms with Gasteiger partial charge in [-0.05, 0) is 12.1 Å². The van der Waals surface area contributed by atoms with Gasteiger partial charge in [-0.1, -0.05) is 24.1 Å². The summed E-state index contributed by atoms with van der Waals surface area (Å²) in [5, 5.41) is 0.971. The minimum atomic E-state index is 0.464. The molecule has 0 radical (unpaired) electrons. The van der Waals surface area contributed by atoms with Crippen LogP contribution < -0.4 is 5.73 Å². The molecule has 1 aromatic heterocycles. The molecule has 0 fully saturated rings. The van der Waals surface area contributed by atoms with Gasteiger partial charge in [0.2, 0.25) is 0 Å². The maximum atomic E-state index is 5.59. The van der Waals surface area contributed by atoms with Crippen molar-refractivity contribution in [2.75, 3.05) is 5.73 Å². The predicted octanol–water partition coefficient (Wildman–Crippen LogP) is 1.80. The van der Waals surface area contributed by atoms with Gasteiger partial charge in [0.15, 0.2) is 0 Å². The van der Waals surface area contributed by atoms with Crippen molar-refractivity contribution in [2.24, 2.45) is 0 Å². The minimum absolute atomic E-state index is 0.464. The van der Waals surface area contributed by atoms with Crippen LogP contribution in [-0.4, -0.2) is 4.98 Å². The van der Waals surface area contributed by atoms with Gasteiger partial charge in [0, 0.05) is 10.9 Å². The lowest BCUT2D eigenvalue weighted by Gasteiger charge is -2.00. The Morgan fingerprint density at radius 3 is 2.85 bits per heavy atom. The predicted molar refractivity (Wildman–Crippen MR) is 54.1 cm³/mol. The second-order valence-corrected chi connectivity index (χ2v) is 2.76. The zero-order valence-corrected chi connectivity index (χ0v) is 6.99. The highest BCUT2D eigenvalue weighted by Gasteiger charge is 2.00. The number of benzene rings is 1. The zero-order valence-electron chi connectivity index (χ0n) is 6.99. The molecule has 0 bridgehead atoms. The molecule has 0 unspecified atom stereocenters. The van der Waals surface area contributed by atoms with Gasteiger partial charge in [-0.3, -0.25) is 0 Å². The number of rotatable bonds is 0. The molecule has 0 aliphatic carbocycles. The monoisotopic (exact) mass is 168 g/mol. The van der Waals surface area contributed by atoms with Gasteiger partial charge in [-0.15, -0.1) is 6.42 Å². The Kier molecular flexibility index (Phi) is 1.64. The number of fused-ring (bicyclic) bond motifs is 1. The van der Waals surface area contributed by atoms with Crippen molar-refractivity contribution in [3.63, 3.8) is 0 Å². The molecule has 2 rings (SSSR count). The molecule has 62 valence electrons. The number of nitrogen functional groups attached to an aromatic ring is 1. The number of nitrogens with zero attached hydrogens (tertiary/aromatic N) is 1. The second kappa shape index (κ2) is 2.80. The first kappa shape index (κ1) is 7.63. The van der Waals surface area contributed by atoms with Crippen LogP contribution in [0.3, 0.4) is 0 Å². The molecule has 0 atom stereocenters. The fraction of sp³-hybridized carbons (Fsp3) is 0. The molecule has 0 aliphatic heterocycles. The minimum Gasteiger partial charge on any atom is -0.384 e. The van der Waals surface area contributed by atoms with Gasteiger partial charge in [-0.25, -0.2) is 4.98 Å². The van der Waals surface area contributed by atoms with E-state index in [9.17, 15) is 0 Å². The summed E-state index contributed by atoms with van der Waals surface area (Å²) in [7, 11) is 0. The van der Waals surface area contributed by atoms with Crippen molar-refractivity contribution in [1.82, 2.24) is 4.98 Å². The fourth-order valence-electron chi connectivity index (χ4n) is 1.32. The number of aromatic nitrogens is 1. The van der Waals surface area contributed by atoms with Crippen LogP contribution in [0.25, 0.3) is 10.9 Å². The Morgan fingerprint density at radius 2 is 2.08 bits per heavy atom. The number of para-hydroxylation sites is 1. The van der Waals surface area contributed by atoms with Crippen molar-refractivity contribution in [3.8, 4) is 12.3 Å². The first-order valence-corrected chi connectivity index (χ1v) is 3.93. The average Bonchev–Trinajstić information content (AvgIpc) is 2.16. The van der Waals surface area contributed by atoms with E-state index in [1.807, 2.05) is 24.3 Å². The molecule has 13 heavy (non-hydrogen) atoms. The van der Waals surface area contributed by atoms with E-state index in [1.165, 1.54) is 0 Å². The van der Waals surface area contributed by atoms with Crippen molar-refractivity contribution >= 4 is 16.7 Å². The summed E-state index contributed by atoms with van der Waals surface area (Å²) in [6, 6.07) is 9.39. The van der Waals surface area contributed by atoms with E-state index >= 15 is 0 Å². The Balaban J connectivity index is 2.91. The van der Waals surface area contributed by atoms with Gasteiger partial charge in [0.05, 0.1) is 5.52 Å². The smallest absolute Gasteiger partial charge is 0.125 e. The topological polar surface area (TPSA) is 38.9 Å². The van der Waals surface area contributed by atoms with E-state index < -0.39 is 0 Å². The third kappa shape index (κ3) is 1.21. The first-order chi connectivity index (χ1) is 6.31. The summed E-state index contributed by atoms with van der Waals surface area (Å²) in [5.74, 6) is 3.06. The van der Waals surface area contributed by atoms with Gasteiger partial charge in [0.25, 0.3) is 0 Å². The average molecular weight is 168 g/mol. The Bertz CT molecular complexity index is 495. The molecule has 0 saturated heterocycles. The van der Waals surface area contributed by atoms with E-state index in [-0.39, 0.29) is 0 Å². The fourth-order valence-corrected chi connectivity index (χ4v) is 1.32. The standard InChI is InChI=1S/C11H8N2/c1-2-8-7-11(12)13-10-6-4-3-5-9(8)10/h1,3-7H,(H2,12,13). The van der Waals surface area contributed by atoms with E-state index in [0.29, 0.717) is 5.82 Å². The van der Waals surface area contributed by atoms with Crippen LogP contribution in [0.5, 0.6) is 0 Å². The zero-order chi connectivity index (χ0) is 9.26. The lowest BCUT2D eigenvalue weighted by molar-refractivity contribution is 1.41. The molecule has 2 nitrogen and oxygen atoms in total. The summed E-state index contributed by atoms with van der Waals surface area (Å²) in [6.45, 7) is 0. The van der Waals surface area contributed by atoms with Crippen LogP contribution in [0.15, 0.2) is 30.3 Å². The van der Waals surface area contributed by atoms with E-state index in [2.05, 4.69) is 10.9 Å². The molecular weight excluding hydrogens is 160 g/mol. The van der Waals surface area contributed by atoms with Crippen LogP contribution in [0.1, 0.15) is 5.56 Å². The van der Waals surface area contributed by atoms with Crippen LogP contribution in [0.4, 0.5) is 5.82 Å². The molecular formula is C11H8N2. The second-order valence-electron chi connectivity index (χ2n) is 2.76. The van der Waals surface area contributed by atoms with Crippen LogP contribution in [0, 0.1) is 12.3 Å². The molecule has 2 N–H and O–H groups in total. The van der Waals surface area contributed by atoms with Crippen molar-refractivity contribution < 1.29 is 0 Å². The normalized spacial score (nSPS) is 9.77. The van der Waals surface area contributed by atoms with E-state index in [0.717, 1.165) is 16.5 Å². The summed E-state index contributed by atoms with van der Waals surface area (Å²) < 4.78 is 0. The van der Waals surface area contributed by atoms with E-state index in [1.54, 1.807) is 6.07 Å². The number of hydrogen-bond donors (Lipinski definition) is 1. The summed E-state index contributed by atoms with van der Waals surface area (Å²) >= 11 is 0. The Morgan fingerprint density at radius 1 is 1.31 bits per heavy atom. The molecule has 0 saturated carbocycles. The largest absolute Gasteiger partial charge is 0.384 e. The van der Waals surface area contributed by atoms with Crippen molar-refractivity contribution in [3.05, 3.63) is 35.9 Å². The molecule has 0 aliphatic rings. The number of anilines is 1. The molecule has 0 amide bonds. The van der Waals surface area contributed by atoms with Crippen molar-refractivity contribution in [1.29, 1.82) is 0 Å². The number of hydrogen-bond acceptors (Lipinski definition) is 2. The van der Waals surface area contributed by atoms with Crippen LogP contribution in [-0.2, 0) is 0 Å². The molecule has 1 heterocycles. The first-order valence-electron chi connectivity index (χ1n) is 3.93. The van der Waals surface area contributed by atoms with Gasteiger partial charge >= 0.3 is 0 Å². The van der Waals surface area contributed by atoms with E-state index in [4.69, 9.17) is 12.2 Å². The number of terminal acetylenes is 1. The SMILES string of the molecule is C#Cc1cc(N)nc2ccccc12. The molecule has 0 spiro atoms. The molecule has 2 aromatic rings. The third-order valence-electron chi connectivity index (χ3n) is 1.89. The van der Waals surface area contributed by atoms with Gasteiger partial charge in [-0.2, -0.15) is 0 Å². The van der Waals surface area contributed by atoms with Crippen LogP contribution in [0.2, 0.25) is 0 Å². The maximum absolute atomic E-state index is 5.59. The molecule has 1 aromatic carbocycles. The summed E-state index contributed by atoms with van der Waals surface area (Å²) in [5.41, 5.74) is 7.23. The lowest BCUT2D eigenvalue weighted by atomic mass is 10.1. The molecule has 2 heteroatoms. The Labute approximate surface area is 76.4 Å². The maximum Gasteiger partial charge on any atom is 0.125 e. The summed E-state index contributed by atoms with van der Waals surface area (Å²) in [6.07, 6.45) is 5.35. The third-order valence-corrected chi connectivity index (χ3v) is 1.89. The van der Waals surface area contributed by atoms with Gasteiger partial charge < -0.3 is 5.73 Å². The highest BCUT2D eigenvalue weighted by molar-refractivity contribution is 5.86. The quantitative estimate of drug-likeness (QED) is 0.609.